The molecule has 1 aliphatic rings. The molecule has 0 radical (unpaired) electrons. The second-order valence-electron chi connectivity index (χ2n) is 7.13. The molecule has 2 aromatic heterocycles. The lowest BCUT2D eigenvalue weighted by Crippen LogP contribution is -2.48. The maximum atomic E-state index is 13.9. The maximum Gasteiger partial charge on any atom is 0.228 e. The number of rotatable bonds is 5. The van der Waals surface area contributed by atoms with Gasteiger partial charge in [0.2, 0.25) is 5.91 Å². The van der Waals surface area contributed by atoms with Crippen LogP contribution < -0.4 is 0 Å². The number of fused-ring (bicyclic) bond motifs is 1. The lowest BCUT2D eigenvalue weighted by atomic mass is 10.0. The number of aromatic nitrogens is 2. The van der Waals surface area contributed by atoms with Gasteiger partial charge in [-0.15, -0.1) is 11.3 Å². The minimum Gasteiger partial charge on any atom is -0.341 e. The summed E-state index contributed by atoms with van der Waals surface area (Å²) in [4.78, 5) is 22.2. The van der Waals surface area contributed by atoms with Gasteiger partial charge in [-0.2, -0.15) is 0 Å². The summed E-state index contributed by atoms with van der Waals surface area (Å²) in [6.07, 6.45) is 6.18. The van der Waals surface area contributed by atoms with Crippen LogP contribution in [0.25, 0.3) is 4.96 Å². The van der Waals surface area contributed by atoms with E-state index in [1.165, 1.54) is 6.07 Å². The van der Waals surface area contributed by atoms with E-state index in [9.17, 15) is 9.18 Å². The molecular formula is C20H23FN4OS. The summed E-state index contributed by atoms with van der Waals surface area (Å²) >= 11 is 1.56. The third kappa shape index (κ3) is 4.04. The van der Waals surface area contributed by atoms with Crippen LogP contribution >= 0.6 is 11.3 Å². The Balaban J connectivity index is 1.37. The van der Waals surface area contributed by atoms with Crippen LogP contribution in [0.1, 0.15) is 24.1 Å². The van der Waals surface area contributed by atoms with Crippen molar-refractivity contribution in [3.63, 3.8) is 0 Å². The molecule has 5 nitrogen and oxygen atoms in total. The first-order valence-corrected chi connectivity index (χ1v) is 10.1. The summed E-state index contributed by atoms with van der Waals surface area (Å²) in [6.45, 7) is 2.29. The lowest BCUT2D eigenvalue weighted by molar-refractivity contribution is -0.132. The average Bonchev–Trinajstić information content (AvgIpc) is 3.25. The Hall–Kier alpha value is -2.25. The highest BCUT2D eigenvalue weighted by Crippen LogP contribution is 2.19. The van der Waals surface area contributed by atoms with E-state index < -0.39 is 0 Å². The fourth-order valence-electron chi connectivity index (χ4n) is 3.70. The van der Waals surface area contributed by atoms with E-state index in [-0.39, 0.29) is 17.8 Å². The number of imidazole rings is 1. The number of likely N-dealkylation sites (N-methyl/N-ethyl adjacent to an activating group) is 1. The largest absolute Gasteiger partial charge is 0.341 e. The molecule has 0 saturated carbocycles. The van der Waals surface area contributed by atoms with Crippen LogP contribution in [0.2, 0.25) is 0 Å². The van der Waals surface area contributed by atoms with Crippen LogP contribution in [-0.2, 0) is 17.8 Å². The monoisotopic (exact) mass is 386 g/mol. The van der Waals surface area contributed by atoms with Crippen LogP contribution in [-0.4, -0.2) is 51.3 Å². The van der Waals surface area contributed by atoms with Gasteiger partial charge in [0.05, 0.1) is 12.1 Å². The molecule has 142 valence electrons. The van der Waals surface area contributed by atoms with Crippen LogP contribution in [0.15, 0.2) is 42.0 Å². The van der Waals surface area contributed by atoms with Gasteiger partial charge in [0.15, 0.2) is 4.96 Å². The second-order valence-corrected chi connectivity index (χ2v) is 8.00. The molecule has 1 amide bonds. The summed E-state index contributed by atoms with van der Waals surface area (Å²) in [5, 5.41) is 1.98. The van der Waals surface area contributed by atoms with Gasteiger partial charge in [-0.25, -0.2) is 9.37 Å². The molecule has 4 rings (SSSR count). The molecule has 0 unspecified atom stereocenters. The lowest BCUT2D eigenvalue weighted by Gasteiger charge is -2.37. The Kier molecular flexibility index (Phi) is 5.22. The van der Waals surface area contributed by atoms with E-state index in [1.807, 2.05) is 46.3 Å². The molecule has 0 bridgehead atoms. The van der Waals surface area contributed by atoms with Gasteiger partial charge in [-0.1, -0.05) is 18.2 Å². The molecular weight excluding hydrogens is 363 g/mol. The van der Waals surface area contributed by atoms with E-state index in [0.717, 1.165) is 36.6 Å². The van der Waals surface area contributed by atoms with Crippen LogP contribution in [0.5, 0.6) is 0 Å². The average molecular weight is 386 g/mol. The van der Waals surface area contributed by atoms with Crippen molar-refractivity contribution in [2.24, 2.45) is 0 Å². The highest BCUT2D eigenvalue weighted by Gasteiger charge is 2.27. The molecule has 27 heavy (non-hydrogen) atoms. The number of carbonyl (C=O) groups is 1. The molecule has 1 aliphatic heterocycles. The number of carbonyl (C=O) groups excluding carboxylic acids is 1. The summed E-state index contributed by atoms with van der Waals surface area (Å²) < 4.78 is 15.9. The molecule has 0 spiro atoms. The summed E-state index contributed by atoms with van der Waals surface area (Å²) in [5.41, 5.74) is 1.52. The first-order chi connectivity index (χ1) is 13.1. The Labute approximate surface area is 162 Å². The number of nitrogens with zero attached hydrogens (tertiary/aromatic N) is 4. The first kappa shape index (κ1) is 18.1. The quantitative estimate of drug-likeness (QED) is 0.676. The number of hydrogen-bond acceptors (Lipinski definition) is 4. The van der Waals surface area contributed by atoms with Crippen molar-refractivity contribution in [1.29, 1.82) is 0 Å². The standard InChI is InChI=1S/C20H23FN4OS/c1-23(19(26)11-16-13-25-9-10-27-20(25)22-16)17-6-4-8-24(14-17)12-15-5-2-3-7-18(15)21/h2-3,5,7,9-10,13,17H,4,6,8,11-12,14H2,1H3/t17-/m1/s1. The molecule has 1 atom stereocenters. The van der Waals surface area contributed by atoms with E-state index in [0.29, 0.717) is 18.5 Å². The SMILES string of the molecule is CN(C(=O)Cc1cn2ccsc2n1)[C@@H]1CCCN(Cc2ccccc2F)C1. The van der Waals surface area contributed by atoms with Crippen LogP contribution in [0.3, 0.4) is 0 Å². The summed E-state index contributed by atoms with van der Waals surface area (Å²) in [7, 11) is 1.87. The molecule has 3 aromatic rings. The Morgan fingerprint density at radius 2 is 2.26 bits per heavy atom. The van der Waals surface area contributed by atoms with Gasteiger partial charge in [-0.05, 0) is 25.5 Å². The number of amides is 1. The molecule has 7 heteroatoms. The van der Waals surface area contributed by atoms with E-state index in [1.54, 1.807) is 17.4 Å². The molecule has 0 N–H and O–H groups in total. The fraction of sp³-hybridized carbons (Fsp3) is 0.400. The van der Waals surface area contributed by atoms with Crippen molar-refractivity contribution in [2.75, 3.05) is 20.1 Å². The van der Waals surface area contributed by atoms with Crippen molar-refractivity contribution in [1.82, 2.24) is 19.2 Å². The zero-order valence-electron chi connectivity index (χ0n) is 15.3. The van der Waals surface area contributed by atoms with Crippen molar-refractivity contribution < 1.29 is 9.18 Å². The molecule has 1 aromatic carbocycles. The second kappa shape index (κ2) is 7.78. The minimum atomic E-state index is -0.163. The van der Waals surface area contributed by atoms with E-state index in [4.69, 9.17) is 0 Å². The summed E-state index contributed by atoms with van der Waals surface area (Å²) in [5.74, 6) is -0.0812. The predicted octanol–water partition coefficient (Wildman–Crippen LogP) is 3.20. The van der Waals surface area contributed by atoms with E-state index >= 15 is 0 Å². The number of likely N-dealkylation sites (tertiary alicyclic amines) is 1. The highest BCUT2D eigenvalue weighted by atomic mass is 32.1. The topological polar surface area (TPSA) is 40.9 Å². The van der Waals surface area contributed by atoms with Crippen molar-refractivity contribution in [3.05, 3.63) is 59.1 Å². The fourth-order valence-corrected chi connectivity index (χ4v) is 4.42. The zero-order chi connectivity index (χ0) is 18.8. The first-order valence-electron chi connectivity index (χ1n) is 9.22. The highest BCUT2D eigenvalue weighted by molar-refractivity contribution is 7.15. The third-order valence-electron chi connectivity index (χ3n) is 5.25. The molecule has 0 aliphatic carbocycles. The third-order valence-corrected chi connectivity index (χ3v) is 6.02. The van der Waals surface area contributed by atoms with Crippen molar-refractivity contribution in [3.8, 4) is 0 Å². The van der Waals surface area contributed by atoms with Crippen LogP contribution in [0.4, 0.5) is 4.39 Å². The smallest absolute Gasteiger partial charge is 0.228 e. The predicted molar refractivity (Wildman–Crippen MR) is 104 cm³/mol. The van der Waals surface area contributed by atoms with Gasteiger partial charge < -0.3 is 4.90 Å². The van der Waals surface area contributed by atoms with Crippen LogP contribution in [0, 0.1) is 5.82 Å². The van der Waals surface area contributed by atoms with Gasteiger partial charge in [0.1, 0.15) is 5.82 Å². The Morgan fingerprint density at radius 1 is 1.41 bits per heavy atom. The van der Waals surface area contributed by atoms with Gasteiger partial charge in [0, 0.05) is 49.5 Å². The van der Waals surface area contributed by atoms with Gasteiger partial charge >= 0.3 is 0 Å². The van der Waals surface area contributed by atoms with Gasteiger partial charge in [-0.3, -0.25) is 14.1 Å². The summed E-state index contributed by atoms with van der Waals surface area (Å²) in [6, 6.07) is 7.07. The molecule has 1 fully saturated rings. The number of benzene rings is 1. The van der Waals surface area contributed by atoms with E-state index in [2.05, 4.69) is 9.88 Å². The minimum absolute atomic E-state index is 0.0819. The number of thiazole rings is 1. The number of piperidine rings is 1. The normalized spacial score (nSPS) is 18.1. The Bertz CT molecular complexity index is 908. The molecule has 3 heterocycles. The zero-order valence-corrected chi connectivity index (χ0v) is 16.2. The number of hydrogen-bond donors (Lipinski definition) is 0. The number of halogens is 1. The van der Waals surface area contributed by atoms with Gasteiger partial charge in [0.25, 0.3) is 0 Å². The van der Waals surface area contributed by atoms with Crippen molar-refractivity contribution in [2.45, 2.75) is 31.8 Å². The van der Waals surface area contributed by atoms with Crippen molar-refractivity contribution >= 4 is 22.2 Å². The molecule has 1 saturated heterocycles. The maximum absolute atomic E-state index is 13.9. The Morgan fingerprint density at radius 3 is 3.07 bits per heavy atom.